The summed E-state index contributed by atoms with van der Waals surface area (Å²) >= 11 is 0. The largest absolute Gasteiger partial charge is 0.493 e. The maximum atomic E-state index is 11.5. The van der Waals surface area contributed by atoms with Gasteiger partial charge in [0.25, 0.3) is 0 Å². The smallest absolute Gasteiger partial charge is 0.341 e. The van der Waals surface area contributed by atoms with Crippen LogP contribution in [-0.2, 0) is 4.74 Å². The number of nitrogens with two attached hydrogens (primary N) is 1. The van der Waals surface area contributed by atoms with Crippen molar-refractivity contribution in [3.05, 3.63) is 23.8 Å². The molecule has 0 amide bonds. The Morgan fingerprint density at radius 1 is 1.41 bits per heavy atom. The lowest BCUT2D eigenvalue weighted by Crippen LogP contribution is -2.07. The number of hydrogen-bond acceptors (Lipinski definition) is 5. The van der Waals surface area contributed by atoms with E-state index in [4.69, 9.17) is 15.6 Å². The molecule has 3 N–H and O–H groups in total. The van der Waals surface area contributed by atoms with Gasteiger partial charge in [-0.25, -0.2) is 4.79 Å². The van der Waals surface area contributed by atoms with E-state index in [9.17, 15) is 4.79 Å². The molecule has 0 atom stereocenters. The first-order chi connectivity index (χ1) is 8.19. The molecule has 0 aromatic heterocycles. The third-order valence-electron chi connectivity index (χ3n) is 2.22. The molecule has 1 aromatic rings. The Balaban J connectivity index is 2.73. The lowest BCUT2D eigenvalue weighted by atomic mass is 10.2. The molecule has 0 heterocycles. The number of aliphatic hydroxyl groups excluding tert-OH is 1. The molecular weight excluding hydrogens is 222 g/mol. The van der Waals surface area contributed by atoms with Gasteiger partial charge >= 0.3 is 5.97 Å². The molecule has 0 radical (unpaired) electrons. The SMILES string of the molecule is COC(=O)c1ccc(N)cc1OCCCCO. The number of rotatable bonds is 6. The number of esters is 1. The van der Waals surface area contributed by atoms with Crippen LogP contribution < -0.4 is 10.5 Å². The van der Waals surface area contributed by atoms with E-state index in [-0.39, 0.29) is 6.61 Å². The van der Waals surface area contributed by atoms with Gasteiger partial charge in [-0.1, -0.05) is 0 Å². The second kappa shape index (κ2) is 6.75. The van der Waals surface area contributed by atoms with Crippen LogP contribution in [-0.4, -0.2) is 31.4 Å². The van der Waals surface area contributed by atoms with E-state index in [0.717, 1.165) is 0 Å². The maximum absolute atomic E-state index is 11.5. The third kappa shape index (κ3) is 3.96. The first-order valence-corrected chi connectivity index (χ1v) is 5.40. The van der Waals surface area contributed by atoms with Gasteiger partial charge in [0.05, 0.1) is 13.7 Å². The molecule has 1 aromatic carbocycles. The molecule has 0 saturated heterocycles. The summed E-state index contributed by atoms with van der Waals surface area (Å²) < 4.78 is 10.1. The maximum Gasteiger partial charge on any atom is 0.341 e. The Bertz CT molecular complexity index is 379. The van der Waals surface area contributed by atoms with Gasteiger partial charge < -0.3 is 20.3 Å². The van der Waals surface area contributed by atoms with Crippen molar-refractivity contribution in [2.24, 2.45) is 0 Å². The van der Waals surface area contributed by atoms with Crippen molar-refractivity contribution in [2.45, 2.75) is 12.8 Å². The van der Waals surface area contributed by atoms with Crippen molar-refractivity contribution < 1.29 is 19.4 Å². The van der Waals surface area contributed by atoms with Crippen LogP contribution >= 0.6 is 0 Å². The lowest BCUT2D eigenvalue weighted by molar-refractivity contribution is 0.0596. The van der Waals surface area contributed by atoms with Crippen molar-refractivity contribution in [1.29, 1.82) is 0 Å². The molecule has 17 heavy (non-hydrogen) atoms. The average molecular weight is 239 g/mol. The molecule has 0 bridgehead atoms. The summed E-state index contributed by atoms with van der Waals surface area (Å²) in [5.74, 6) is -0.0445. The number of benzene rings is 1. The minimum absolute atomic E-state index is 0.129. The van der Waals surface area contributed by atoms with E-state index in [0.29, 0.717) is 36.4 Å². The molecule has 0 fully saturated rings. The summed E-state index contributed by atoms with van der Waals surface area (Å²) in [6.45, 7) is 0.554. The normalized spacial score (nSPS) is 10.0. The van der Waals surface area contributed by atoms with E-state index in [1.807, 2.05) is 0 Å². The predicted molar refractivity (Wildman–Crippen MR) is 64.0 cm³/mol. The van der Waals surface area contributed by atoms with Crippen LogP contribution in [0.15, 0.2) is 18.2 Å². The Morgan fingerprint density at radius 2 is 2.18 bits per heavy atom. The zero-order valence-electron chi connectivity index (χ0n) is 9.81. The number of ether oxygens (including phenoxy) is 2. The van der Waals surface area contributed by atoms with Crippen molar-refractivity contribution in [3.8, 4) is 5.75 Å². The summed E-state index contributed by atoms with van der Waals surface area (Å²) in [6.07, 6.45) is 1.38. The molecule has 5 nitrogen and oxygen atoms in total. The first kappa shape index (κ1) is 13.3. The average Bonchev–Trinajstić information content (AvgIpc) is 2.34. The lowest BCUT2D eigenvalue weighted by Gasteiger charge is -2.10. The van der Waals surface area contributed by atoms with E-state index in [1.54, 1.807) is 18.2 Å². The number of hydrogen-bond donors (Lipinski definition) is 2. The summed E-state index contributed by atoms with van der Waals surface area (Å²) in [5, 5.41) is 8.64. The number of carbonyl (C=O) groups is 1. The Hall–Kier alpha value is -1.75. The molecular formula is C12H17NO4. The highest BCUT2D eigenvalue weighted by Gasteiger charge is 2.13. The van der Waals surface area contributed by atoms with Crippen LogP contribution in [0.25, 0.3) is 0 Å². The molecule has 0 spiro atoms. The highest BCUT2D eigenvalue weighted by Crippen LogP contribution is 2.22. The molecule has 0 aliphatic carbocycles. The monoisotopic (exact) mass is 239 g/mol. The second-order valence-corrected chi connectivity index (χ2v) is 3.53. The number of anilines is 1. The standard InChI is InChI=1S/C12H17NO4/c1-16-12(15)10-5-4-9(13)8-11(10)17-7-3-2-6-14/h4-5,8,14H,2-3,6-7,13H2,1H3. The van der Waals surface area contributed by atoms with Crippen molar-refractivity contribution in [2.75, 3.05) is 26.1 Å². The van der Waals surface area contributed by atoms with Crippen LogP contribution in [0.5, 0.6) is 5.75 Å². The van der Waals surface area contributed by atoms with Gasteiger partial charge in [-0.05, 0) is 25.0 Å². The fourth-order valence-corrected chi connectivity index (χ4v) is 1.33. The minimum Gasteiger partial charge on any atom is -0.493 e. The Labute approximate surface area is 100 Å². The fraction of sp³-hybridized carbons (Fsp3) is 0.417. The fourth-order valence-electron chi connectivity index (χ4n) is 1.33. The predicted octanol–water partition coefficient (Wildman–Crippen LogP) is 1.21. The highest BCUT2D eigenvalue weighted by atomic mass is 16.5. The van der Waals surface area contributed by atoms with Gasteiger partial charge in [0.2, 0.25) is 0 Å². The molecule has 0 aliphatic heterocycles. The number of nitrogen functional groups attached to an aromatic ring is 1. The van der Waals surface area contributed by atoms with Gasteiger partial charge in [-0.2, -0.15) is 0 Å². The summed E-state index contributed by atoms with van der Waals surface area (Å²) in [4.78, 5) is 11.5. The number of unbranched alkanes of at least 4 members (excludes halogenated alkanes) is 1. The summed E-state index contributed by atoms with van der Waals surface area (Å²) in [7, 11) is 1.31. The van der Waals surface area contributed by atoms with Crippen molar-refractivity contribution in [3.63, 3.8) is 0 Å². The highest BCUT2D eigenvalue weighted by molar-refractivity contribution is 5.93. The van der Waals surface area contributed by atoms with Crippen LogP contribution in [0.3, 0.4) is 0 Å². The van der Waals surface area contributed by atoms with E-state index < -0.39 is 5.97 Å². The second-order valence-electron chi connectivity index (χ2n) is 3.53. The van der Waals surface area contributed by atoms with E-state index in [2.05, 4.69) is 4.74 Å². The van der Waals surface area contributed by atoms with Crippen LogP contribution in [0.2, 0.25) is 0 Å². The van der Waals surface area contributed by atoms with Crippen molar-refractivity contribution in [1.82, 2.24) is 0 Å². The van der Waals surface area contributed by atoms with Gasteiger partial charge in [-0.15, -0.1) is 0 Å². The molecule has 1 rings (SSSR count). The van der Waals surface area contributed by atoms with Gasteiger partial charge in [0.15, 0.2) is 0 Å². The number of aliphatic hydroxyl groups is 1. The summed E-state index contributed by atoms with van der Waals surface area (Å²) in [6, 6.07) is 4.78. The quantitative estimate of drug-likeness (QED) is 0.443. The third-order valence-corrected chi connectivity index (χ3v) is 2.22. The number of methoxy groups -OCH3 is 1. The van der Waals surface area contributed by atoms with E-state index in [1.165, 1.54) is 7.11 Å². The van der Waals surface area contributed by atoms with Crippen LogP contribution in [0.4, 0.5) is 5.69 Å². The van der Waals surface area contributed by atoms with E-state index >= 15 is 0 Å². The summed E-state index contributed by atoms with van der Waals surface area (Å²) in [5.41, 5.74) is 6.50. The van der Waals surface area contributed by atoms with Crippen LogP contribution in [0.1, 0.15) is 23.2 Å². The van der Waals surface area contributed by atoms with Gasteiger partial charge in [-0.3, -0.25) is 0 Å². The van der Waals surface area contributed by atoms with Gasteiger partial charge in [0, 0.05) is 18.4 Å². The van der Waals surface area contributed by atoms with Gasteiger partial charge in [0.1, 0.15) is 11.3 Å². The Morgan fingerprint density at radius 3 is 2.82 bits per heavy atom. The van der Waals surface area contributed by atoms with Crippen LogP contribution in [0, 0.1) is 0 Å². The zero-order valence-corrected chi connectivity index (χ0v) is 9.81. The first-order valence-electron chi connectivity index (χ1n) is 5.40. The molecule has 0 aliphatic rings. The minimum atomic E-state index is -0.456. The molecule has 0 unspecified atom stereocenters. The molecule has 94 valence electrons. The molecule has 0 saturated carbocycles. The Kier molecular flexibility index (Phi) is 5.29. The topological polar surface area (TPSA) is 81.8 Å². The molecule has 5 heteroatoms. The number of carbonyl (C=O) groups excluding carboxylic acids is 1. The van der Waals surface area contributed by atoms with Crippen molar-refractivity contribution >= 4 is 11.7 Å². The zero-order chi connectivity index (χ0) is 12.7.